The van der Waals surface area contributed by atoms with Crippen LogP contribution in [0.5, 0.6) is 0 Å². The molecule has 80 heavy (non-hydrogen) atoms. The van der Waals surface area contributed by atoms with E-state index in [-0.39, 0.29) is 0 Å². The summed E-state index contributed by atoms with van der Waals surface area (Å²) in [7, 11) is 0. The third kappa shape index (κ3) is 8.59. The summed E-state index contributed by atoms with van der Waals surface area (Å²) in [5.41, 5.74) is 26.8. The fourth-order valence-corrected chi connectivity index (χ4v) is 12.3. The van der Waals surface area contributed by atoms with Crippen LogP contribution in [0.15, 0.2) is 276 Å². The number of rotatable bonds is 11. The second-order valence-electron chi connectivity index (χ2n) is 21.1. The Morgan fingerprint density at radius 3 is 0.963 bits per heavy atom. The molecule has 0 spiro atoms. The zero-order chi connectivity index (χ0) is 53.8. The maximum Gasteiger partial charge on any atom is 0.135 e. The Kier molecular flexibility index (Phi) is 12.1. The molecule has 4 nitrogen and oxygen atoms in total. The molecule has 382 valence electrons. The van der Waals surface area contributed by atoms with E-state index in [4.69, 9.17) is 8.83 Å². The van der Waals surface area contributed by atoms with Gasteiger partial charge in [0.15, 0.2) is 0 Å². The summed E-state index contributed by atoms with van der Waals surface area (Å²) in [6.45, 7) is 9.09. The lowest BCUT2D eigenvalue weighted by Crippen LogP contribution is -2.13. The molecule has 2 aromatic heterocycles. The largest absolute Gasteiger partial charge is 0.456 e. The molecule has 0 aliphatic heterocycles. The maximum absolute atomic E-state index is 6.19. The van der Waals surface area contributed by atoms with E-state index >= 15 is 0 Å². The highest BCUT2D eigenvalue weighted by atomic mass is 16.3. The lowest BCUT2D eigenvalue weighted by atomic mass is 9.88. The Morgan fingerprint density at radius 2 is 0.562 bits per heavy atom. The number of hydrogen-bond acceptors (Lipinski definition) is 4. The first-order chi connectivity index (χ1) is 39.3. The summed E-state index contributed by atoms with van der Waals surface area (Å²) in [6.07, 6.45) is 0. The van der Waals surface area contributed by atoms with Crippen molar-refractivity contribution in [2.24, 2.45) is 0 Å². The molecule has 2 heterocycles. The fraction of sp³-hybridized carbons (Fsp3) is 0.0526. The van der Waals surface area contributed by atoms with Crippen molar-refractivity contribution >= 4 is 78.0 Å². The van der Waals surface area contributed by atoms with E-state index < -0.39 is 0 Å². The Balaban J connectivity index is 0.857. The Labute approximate surface area is 466 Å². The first-order valence-electron chi connectivity index (χ1n) is 27.5. The second-order valence-corrected chi connectivity index (χ2v) is 21.1. The van der Waals surface area contributed by atoms with Gasteiger partial charge in [0.2, 0.25) is 0 Å². The number of benzene rings is 12. The van der Waals surface area contributed by atoms with Gasteiger partial charge in [-0.2, -0.15) is 0 Å². The molecule has 0 saturated heterocycles. The molecule has 14 rings (SSSR count). The predicted octanol–water partition coefficient (Wildman–Crippen LogP) is 22.0. The van der Waals surface area contributed by atoms with Gasteiger partial charge in [0.1, 0.15) is 22.3 Å². The average Bonchev–Trinajstić information content (AvgIpc) is 4.18. The summed E-state index contributed by atoms with van der Waals surface area (Å²) in [5, 5.41) is 4.50. The summed E-state index contributed by atoms with van der Waals surface area (Å²) in [4.78, 5) is 4.85. The highest BCUT2D eigenvalue weighted by molar-refractivity contribution is 6.07. The molecule has 0 saturated carbocycles. The minimum absolute atomic E-state index is 0.897. The molecule has 0 N–H and O–H groups in total. The maximum atomic E-state index is 6.19. The van der Waals surface area contributed by atoms with Gasteiger partial charge in [0, 0.05) is 55.4 Å². The lowest BCUT2D eigenvalue weighted by molar-refractivity contribution is 0.668. The number of hydrogen-bond donors (Lipinski definition) is 0. The molecular formula is C76H56N2O2. The van der Waals surface area contributed by atoms with Gasteiger partial charge in [-0.05, 0) is 192 Å². The van der Waals surface area contributed by atoms with Gasteiger partial charge < -0.3 is 18.6 Å². The number of aryl methyl sites for hydroxylation is 4. The van der Waals surface area contributed by atoms with Crippen LogP contribution >= 0.6 is 0 Å². The van der Waals surface area contributed by atoms with Crippen molar-refractivity contribution in [1.29, 1.82) is 0 Å². The van der Waals surface area contributed by atoms with E-state index in [9.17, 15) is 0 Å². The summed E-state index contributed by atoms with van der Waals surface area (Å²) >= 11 is 0. The first-order valence-corrected chi connectivity index (χ1v) is 27.5. The van der Waals surface area contributed by atoms with Crippen molar-refractivity contribution in [3.05, 3.63) is 289 Å². The van der Waals surface area contributed by atoms with E-state index in [1.165, 1.54) is 44.5 Å². The summed E-state index contributed by atoms with van der Waals surface area (Å²) in [6, 6.07) is 96.1. The highest BCUT2D eigenvalue weighted by Gasteiger charge is 2.24. The van der Waals surface area contributed by atoms with Crippen LogP contribution in [0.2, 0.25) is 0 Å². The fourth-order valence-electron chi connectivity index (χ4n) is 12.3. The Hall–Kier alpha value is -10.2. The number of furan rings is 2. The standard InChI is InChI=1S/C76H56N2O2/c1-49-43-61(77(69-27-15-11-23-63(69)55-19-7-5-8-20-55)59-37-31-53(32-38-59)57-35-41-73-67(47-57)65-25-13-17-29-71(65)79-73)44-50(2)75(49)76-51(3)45-62(46-52(76)4)78(70-28-16-12-24-64(70)56-21-9-6-10-22-56)60-39-33-54(34-40-60)58-36-42-74-68(48-58)66-26-14-18-30-72(66)80-74/h5-48H,1-4H3. The van der Waals surface area contributed by atoms with Crippen molar-refractivity contribution in [3.8, 4) is 55.6 Å². The number of para-hydroxylation sites is 4. The zero-order valence-corrected chi connectivity index (χ0v) is 45.1. The molecule has 0 aliphatic rings. The van der Waals surface area contributed by atoms with E-state index in [0.717, 1.165) is 111 Å². The van der Waals surface area contributed by atoms with Crippen LogP contribution in [-0.2, 0) is 0 Å². The van der Waals surface area contributed by atoms with Crippen LogP contribution in [0, 0.1) is 27.7 Å². The zero-order valence-electron chi connectivity index (χ0n) is 45.1. The molecule has 0 unspecified atom stereocenters. The highest BCUT2D eigenvalue weighted by Crippen LogP contribution is 2.47. The van der Waals surface area contributed by atoms with Crippen molar-refractivity contribution < 1.29 is 8.83 Å². The second kappa shape index (κ2) is 20.0. The van der Waals surface area contributed by atoms with Crippen LogP contribution in [0.25, 0.3) is 99.5 Å². The van der Waals surface area contributed by atoms with E-state index in [0.29, 0.717) is 0 Å². The first kappa shape index (κ1) is 48.2. The third-order valence-electron chi connectivity index (χ3n) is 15.9. The van der Waals surface area contributed by atoms with Crippen molar-refractivity contribution in [2.75, 3.05) is 9.80 Å². The molecular weight excluding hydrogens is 973 g/mol. The van der Waals surface area contributed by atoms with Crippen molar-refractivity contribution in [2.45, 2.75) is 27.7 Å². The topological polar surface area (TPSA) is 32.8 Å². The van der Waals surface area contributed by atoms with Gasteiger partial charge in [-0.25, -0.2) is 0 Å². The number of fused-ring (bicyclic) bond motifs is 6. The van der Waals surface area contributed by atoms with Gasteiger partial charge in [-0.1, -0.05) is 170 Å². The number of nitrogens with zero attached hydrogens (tertiary/aromatic N) is 2. The molecule has 0 fully saturated rings. The average molecular weight is 1030 g/mol. The van der Waals surface area contributed by atoms with Crippen LogP contribution in [-0.4, -0.2) is 0 Å². The predicted molar refractivity (Wildman–Crippen MR) is 336 cm³/mol. The number of anilines is 6. The summed E-state index contributed by atoms with van der Waals surface area (Å²) in [5.74, 6) is 0. The van der Waals surface area contributed by atoms with Gasteiger partial charge in [-0.3, -0.25) is 0 Å². The molecule has 0 radical (unpaired) electrons. The Bertz CT molecular complexity index is 4280. The van der Waals surface area contributed by atoms with Gasteiger partial charge in [0.25, 0.3) is 0 Å². The smallest absolute Gasteiger partial charge is 0.135 e. The third-order valence-corrected chi connectivity index (χ3v) is 15.9. The SMILES string of the molecule is Cc1cc(N(c2ccc(-c3ccc4oc5ccccc5c4c3)cc2)c2ccccc2-c2ccccc2)cc(C)c1-c1c(C)cc(N(c2ccc(-c3ccc4oc5ccccc5c4c3)cc2)c2ccccc2-c2ccccc2)cc1C. The van der Waals surface area contributed by atoms with Gasteiger partial charge in [0.05, 0.1) is 11.4 Å². The molecule has 12 aromatic carbocycles. The monoisotopic (exact) mass is 1030 g/mol. The minimum atomic E-state index is 0.897. The van der Waals surface area contributed by atoms with E-state index in [2.05, 4.69) is 280 Å². The molecule has 0 atom stereocenters. The Morgan fingerprint density at radius 1 is 0.237 bits per heavy atom. The molecule has 0 bridgehead atoms. The summed E-state index contributed by atoms with van der Waals surface area (Å²) < 4.78 is 12.4. The van der Waals surface area contributed by atoms with Crippen molar-refractivity contribution in [1.82, 2.24) is 0 Å². The normalized spacial score (nSPS) is 11.5. The van der Waals surface area contributed by atoms with Gasteiger partial charge >= 0.3 is 0 Å². The van der Waals surface area contributed by atoms with Crippen LogP contribution in [0.1, 0.15) is 22.3 Å². The van der Waals surface area contributed by atoms with Gasteiger partial charge in [-0.15, -0.1) is 0 Å². The molecule has 0 amide bonds. The molecule has 14 aromatic rings. The van der Waals surface area contributed by atoms with E-state index in [1.54, 1.807) is 0 Å². The van der Waals surface area contributed by atoms with E-state index in [1.807, 2.05) is 24.3 Å². The molecule has 0 aliphatic carbocycles. The van der Waals surface area contributed by atoms with Crippen LogP contribution < -0.4 is 9.80 Å². The van der Waals surface area contributed by atoms with Crippen LogP contribution in [0.4, 0.5) is 34.1 Å². The quantitative estimate of drug-likeness (QED) is 0.129. The lowest BCUT2D eigenvalue weighted by Gasteiger charge is -2.31. The van der Waals surface area contributed by atoms with Crippen LogP contribution in [0.3, 0.4) is 0 Å². The molecule has 4 heteroatoms. The van der Waals surface area contributed by atoms with Crippen molar-refractivity contribution in [3.63, 3.8) is 0 Å². The minimum Gasteiger partial charge on any atom is -0.456 e.